The Morgan fingerprint density at radius 2 is 1.33 bits per heavy atom. The molecule has 1 heterocycles. The average Bonchev–Trinajstić information content (AvgIpc) is 3.08. The van der Waals surface area contributed by atoms with Crippen LogP contribution in [0.1, 0.15) is 39.7 Å². The Hall–Kier alpha value is -4.33. The van der Waals surface area contributed by atoms with Gasteiger partial charge in [0.15, 0.2) is 5.75 Å². The molecule has 3 aromatic rings. The van der Waals surface area contributed by atoms with Crippen LogP contribution in [0.4, 0.5) is 5.69 Å². The highest BCUT2D eigenvalue weighted by Crippen LogP contribution is 2.60. The number of phenolic OH excluding ortho intramolecular Hbond substituents is 1. The van der Waals surface area contributed by atoms with Crippen LogP contribution >= 0.6 is 0 Å². The summed E-state index contributed by atoms with van der Waals surface area (Å²) in [5.74, 6) is -2.74. The van der Waals surface area contributed by atoms with Gasteiger partial charge >= 0.3 is 5.69 Å². The number of carbonyl (C=O) groups excluding carboxylic acids is 2. The van der Waals surface area contributed by atoms with Crippen LogP contribution < -0.4 is 0 Å². The fourth-order valence-corrected chi connectivity index (χ4v) is 5.67. The van der Waals surface area contributed by atoms with E-state index in [1.807, 2.05) is 48.5 Å². The lowest BCUT2D eigenvalue weighted by Crippen LogP contribution is -2.41. The first-order valence-electron chi connectivity index (χ1n) is 10.5. The fraction of sp³-hybridized carbons (Fsp3) is 0.160. The topological polar surface area (TPSA) is 113 Å². The molecule has 2 amide bonds. The van der Waals surface area contributed by atoms with Crippen LogP contribution in [0.3, 0.4) is 0 Å². The second-order valence-corrected chi connectivity index (χ2v) is 8.50. The molecule has 0 unspecified atom stereocenters. The molecular weight excluding hydrogens is 422 g/mol. The number of benzene rings is 3. The Kier molecular flexibility index (Phi) is 4.01. The van der Waals surface area contributed by atoms with E-state index in [2.05, 4.69) is 5.10 Å². The molecule has 3 aliphatic carbocycles. The molecule has 33 heavy (non-hydrogen) atoms. The first-order valence-corrected chi connectivity index (χ1v) is 10.5. The van der Waals surface area contributed by atoms with Crippen molar-refractivity contribution in [3.05, 3.63) is 105 Å². The molecule has 8 nitrogen and oxygen atoms in total. The molecule has 1 saturated heterocycles. The van der Waals surface area contributed by atoms with E-state index >= 15 is 0 Å². The molecule has 2 bridgehead atoms. The van der Waals surface area contributed by atoms with Crippen molar-refractivity contribution in [2.45, 2.75) is 11.8 Å². The number of phenols is 1. The predicted molar refractivity (Wildman–Crippen MR) is 118 cm³/mol. The molecular formula is C25H17N3O5. The van der Waals surface area contributed by atoms with Gasteiger partial charge < -0.3 is 5.11 Å². The molecule has 3 aromatic carbocycles. The molecule has 1 N–H and O–H groups in total. The summed E-state index contributed by atoms with van der Waals surface area (Å²) in [4.78, 5) is 37.3. The number of nitro benzene ring substituents is 1. The number of nitrogens with zero attached hydrogens (tertiary/aromatic N) is 3. The zero-order chi connectivity index (χ0) is 22.9. The second kappa shape index (κ2) is 6.83. The van der Waals surface area contributed by atoms with Gasteiger partial charge in [-0.15, -0.1) is 0 Å². The number of hydrogen-bond donors (Lipinski definition) is 1. The lowest BCUT2D eigenvalue weighted by atomic mass is 9.55. The highest BCUT2D eigenvalue weighted by Gasteiger charge is 2.61. The van der Waals surface area contributed by atoms with Gasteiger partial charge in [-0.25, -0.2) is 0 Å². The summed E-state index contributed by atoms with van der Waals surface area (Å²) in [5, 5.41) is 25.8. The summed E-state index contributed by atoms with van der Waals surface area (Å²) < 4.78 is 0. The highest BCUT2D eigenvalue weighted by molar-refractivity contribution is 6.08. The third-order valence-electron chi connectivity index (χ3n) is 6.94. The first kappa shape index (κ1) is 19.4. The lowest BCUT2D eigenvalue weighted by Gasteiger charge is -2.45. The molecule has 4 aliphatic rings. The van der Waals surface area contributed by atoms with Crippen LogP contribution in [0, 0.1) is 22.0 Å². The van der Waals surface area contributed by atoms with Crippen LogP contribution in [0.25, 0.3) is 0 Å². The zero-order valence-electron chi connectivity index (χ0n) is 17.2. The predicted octanol–water partition coefficient (Wildman–Crippen LogP) is 3.53. The molecule has 0 saturated carbocycles. The normalized spacial score (nSPS) is 24.7. The van der Waals surface area contributed by atoms with Crippen LogP contribution in [0.2, 0.25) is 0 Å². The minimum Gasteiger partial charge on any atom is -0.502 e. The highest BCUT2D eigenvalue weighted by atomic mass is 16.6. The van der Waals surface area contributed by atoms with Gasteiger partial charge in [0.2, 0.25) is 0 Å². The summed E-state index contributed by atoms with van der Waals surface area (Å²) in [7, 11) is 0. The summed E-state index contributed by atoms with van der Waals surface area (Å²) in [6.07, 6.45) is 1.24. The van der Waals surface area contributed by atoms with E-state index < -0.39 is 28.2 Å². The van der Waals surface area contributed by atoms with Gasteiger partial charge in [0.1, 0.15) is 0 Å². The van der Waals surface area contributed by atoms with Crippen molar-refractivity contribution in [1.82, 2.24) is 5.01 Å². The van der Waals surface area contributed by atoms with Crippen molar-refractivity contribution in [2.75, 3.05) is 0 Å². The van der Waals surface area contributed by atoms with Crippen LogP contribution in [0.15, 0.2) is 71.8 Å². The van der Waals surface area contributed by atoms with Gasteiger partial charge in [-0.1, -0.05) is 48.5 Å². The van der Waals surface area contributed by atoms with Gasteiger partial charge in [0, 0.05) is 23.5 Å². The molecule has 8 heteroatoms. The first-order chi connectivity index (χ1) is 16.0. The number of amides is 2. The van der Waals surface area contributed by atoms with Crippen molar-refractivity contribution in [2.24, 2.45) is 16.9 Å². The van der Waals surface area contributed by atoms with E-state index in [4.69, 9.17) is 0 Å². The van der Waals surface area contributed by atoms with E-state index in [1.165, 1.54) is 18.3 Å². The number of imide groups is 1. The molecule has 0 aromatic heterocycles. The molecule has 1 fully saturated rings. The van der Waals surface area contributed by atoms with E-state index in [9.17, 15) is 24.8 Å². The van der Waals surface area contributed by atoms with Crippen molar-refractivity contribution in [3.8, 4) is 5.75 Å². The second-order valence-electron chi connectivity index (χ2n) is 8.50. The Morgan fingerprint density at radius 1 is 0.848 bits per heavy atom. The number of rotatable bonds is 3. The van der Waals surface area contributed by atoms with E-state index in [0.717, 1.165) is 33.3 Å². The monoisotopic (exact) mass is 439 g/mol. The van der Waals surface area contributed by atoms with Crippen molar-refractivity contribution in [1.29, 1.82) is 0 Å². The fourth-order valence-electron chi connectivity index (χ4n) is 5.67. The average molecular weight is 439 g/mol. The van der Waals surface area contributed by atoms with Gasteiger partial charge in [0.25, 0.3) is 11.8 Å². The third kappa shape index (κ3) is 2.60. The quantitative estimate of drug-likeness (QED) is 0.290. The lowest BCUT2D eigenvalue weighted by molar-refractivity contribution is -0.385. The maximum absolute atomic E-state index is 13.5. The Bertz CT molecular complexity index is 1280. The Morgan fingerprint density at radius 3 is 1.79 bits per heavy atom. The maximum atomic E-state index is 13.5. The number of aromatic hydroxyl groups is 1. The number of carbonyl (C=O) groups is 2. The number of hydrazone groups is 1. The van der Waals surface area contributed by atoms with Gasteiger partial charge in [0.05, 0.1) is 23.0 Å². The Balaban J connectivity index is 1.41. The van der Waals surface area contributed by atoms with Crippen molar-refractivity contribution in [3.63, 3.8) is 0 Å². The SMILES string of the molecule is O=C1[C@@H]2C3c4ccccc4C(c4ccccc43)[C@@H]2C(=O)N1/N=C\c1ccc(O)c([N+](=O)[O-])c1. The standard InChI is InChI=1S/C25H17N3O5/c29-19-10-9-13(11-18(19)28(32)33)12-26-27-24(30)22-20-14-5-1-2-6-15(14)21(23(22)25(27)31)17-8-4-3-7-16(17)20/h1-12,20-23,29H/b26-12-/t20?,21?,22-,23+. The van der Waals surface area contributed by atoms with Crippen molar-refractivity contribution >= 4 is 23.7 Å². The number of nitro groups is 1. The summed E-state index contributed by atoms with van der Waals surface area (Å²) >= 11 is 0. The molecule has 0 radical (unpaired) electrons. The van der Waals surface area contributed by atoms with Crippen LogP contribution in [0.5, 0.6) is 5.75 Å². The molecule has 7 rings (SSSR count). The number of hydrogen-bond acceptors (Lipinski definition) is 6. The minimum atomic E-state index is -0.709. The van der Waals surface area contributed by atoms with E-state index in [1.54, 1.807) is 0 Å². The molecule has 2 atom stereocenters. The van der Waals surface area contributed by atoms with Crippen LogP contribution in [-0.2, 0) is 9.59 Å². The third-order valence-corrected chi connectivity index (χ3v) is 6.94. The Labute approximate surface area is 187 Å². The van der Waals surface area contributed by atoms with Gasteiger partial charge in [-0.3, -0.25) is 19.7 Å². The summed E-state index contributed by atoms with van der Waals surface area (Å²) in [6.45, 7) is 0. The minimum absolute atomic E-state index is 0.223. The largest absolute Gasteiger partial charge is 0.502 e. The molecule has 1 aliphatic heterocycles. The van der Waals surface area contributed by atoms with Gasteiger partial charge in [-0.05, 0) is 34.4 Å². The molecule has 162 valence electrons. The van der Waals surface area contributed by atoms with Gasteiger partial charge in [-0.2, -0.15) is 10.1 Å². The zero-order valence-corrected chi connectivity index (χ0v) is 17.2. The molecule has 0 spiro atoms. The van der Waals surface area contributed by atoms with Crippen LogP contribution in [-0.4, -0.2) is 33.1 Å². The summed E-state index contributed by atoms with van der Waals surface area (Å²) in [6, 6.07) is 19.7. The maximum Gasteiger partial charge on any atom is 0.311 e. The van der Waals surface area contributed by atoms with Crippen molar-refractivity contribution < 1.29 is 19.6 Å². The van der Waals surface area contributed by atoms with E-state index in [0.29, 0.717) is 5.56 Å². The smallest absolute Gasteiger partial charge is 0.311 e. The summed E-state index contributed by atoms with van der Waals surface area (Å²) in [5.41, 5.74) is 4.11. The van der Waals surface area contributed by atoms with E-state index in [-0.39, 0.29) is 23.7 Å².